The van der Waals surface area contributed by atoms with Crippen molar-refractivity contribution in [3.05, 3.63) is 90.0 Å². The molecule has 0 bridgehead atoms. The number of nitrogens with one attached hydrogen (secondary N) is 2. The van der Waals surface area contributed by atoms with E-state index in [-0.39, 0.29) is 38.7 Å². The third-order valence-corrected chi connectivity index (χ3v) is 7.42. The highest BCUT2D eigenvalue weighted by molar-refractivity contribution is 7.91. The van der Waals surface area contributed by atoms with Crippen molar-refractivity contribution in [1.29, 1.82) is 0 Å². The van der Waals surface area contributed by atoms with Gasteiger partial charge in [0.1, 0.15) is 15.7 Å². The largest absolute Gasteiger partial charge is 0.495 e. The van der Waals surface area contributed by atoms with E-state index in [0.717, 1.165) is 10.8 Å². The van der Waals surface area contributed by atoms with E-state index >= 15 is 0 Å². The Morgan fingerprint density at radius 3 is 2.33 bits per heavy atom. The lowest BCUT2D eigenvalue weighted by Crippen LogP contribution is -2.22. The predicted molar refractivity (Wildman–Crippen MR) is 131 cm³/mol. The molecule has 0 aromatic heterocycles. The van der Waals surface area contributed by atoms with Gasteiger partial charge in [-0.2, -0.15) is 0 Å². The van der Waals surface area contributed by atoms with Crippen molar-refractivity contribution in [3.8, 4) is 5.75 Å². The van der Waals surface area contributed by atoms with Crippen LogP contribution in [0.3, 0.4) is 0 Å². The number of benzene rings is 4. The molecule has 33 heavy (non-hydrogen) atoms. The summed E-state index contributed by atoms with van der Waals surface area (Å²) in [4.78, 5) is 12.5. The number of amides is 1. The Kier molecular flexibility index (Phi) is 6.53. The van der Waals surface area contributed by atoms with Crippen LogP contribution < -0.4 is 15.4 Å². The van der Waals surface area contributed by atoms with Crippen LogP contribution in [-0.2, 0) is 14.6 Å². The summed E-state index contributed by atoms with van der Waals surface area (Å²) in [5.41, 5.74) is 0.851. The first-order valence-electron chi connectivity index (χ1n) is 10.1. The molecule has 8 heteroatoms. The number of hydrogen-bond acceptors (Lipinski definition) is 5. The predicted octanol–water partition coefficient (Wildman–Crippen LogP) is 5.39. The second kappa shape index (κ2) is 9.52. The molecule has 0 radical (unpaired) electrons. The molecule has 4 aromatic carbocycles. The topological polar surface area (TPSA) is 84.5 Å². The maximum Gasteiger partial charge on any atom is 0.243 e. The van der Waals surface area contributed by atoms with Gasteiger partial charge in [-0.3, -0.25) is 4.79 Å². The number of anilines is 2. The molecule has 0 saturated heterocycles. The van der Waals surface area contributed by atoms with Gasteiger partial charge in [0.05, 0.1) is 24.2 Å². The zero-order valence-electron chi connectivity index (χ0n) is 17.7. The first kappa shape index (κ1) is 22.6. The molecule has 0 spiro atoms. The van der Waals surface area contributed by atoms with Crippen LogP contribution in [0.15, 0.2) is 94.7 Å². The summed E-state index contributed by atoms with van der Waals surface area (Å²) in [7, 11) is -2.56. The number of carbonyl (C=O) groups excluding carboxylic acids is 1. The quantitative estimate of drug-likeness (QED) is 0.370. The van der Waals surface area contributed by atoms with E-state index in [1.54, 1.807) is 24.3 Å². The van der Waals surface area contributed by atoms with Crippen LogP contribution >= 0.6 is 11.6 Å². The highest BCUT2D eigenvalue weighted by Crippen LogP contribution is 2.39. The minimum atomic E-state index is -3.97. The zero-order chi connectivity index (χ0) is 23.4. The average molecular weight is 481 g/mol. The normalized spacial score (nSPS) is 11.2. The van der Waals surface area contributed by atoms with Gasteiger partial charge in [0.2, 0.25) is 15.7 Å². The molecule has 0 atom stereocenters. The molecule has 168 valence electrons. The Morgan fingerprint density at radius 1 is 0.909 bits per heavy atom. The lowest BCUT2D eigenvalue weighted by atomic mass is 10.1. The Labute approximate surface area is 197 Å². The highest BCUT2D eigenvalue weighted by Gasteiger charge is 2.27. The van der Waals surface area contributed by atoms with Gasteiger partial charge in [0.15, 0.2) is 0 Å². The summed E-state index contributed by atoms with van der Waals surface area (Å²) in [6.07, 6.45) is 0. The number of carbonyl (C=O) groups is 1. The monoisotopic (exact) mass is 480 g/mol. The van der Waals surface area contributed by atoms with E-state index in [0.29, 0.717) is 5.69 Å². The van der Waals surface area contributed by atoms with Gasteiger partial charge in [0, 0.05) is 5.69 Å². The van der Waals surface area contributed by atoms with Crippen molar-refractivity contribution in [2.75, 3.05) is 24.3 Å². The summed E-state index contributed by atoms with van der Waals surface area (Å²) in [6.45, 7) is -0.160. The van der Waals surface area contributed by atoms with Gasteiger partial charge < -0.3 is 15.4 Å². The van der Waals surface area contributed by atoms with Crippen molar-refractivity contribution in [2.24, 2.45) is 0 Å². The van der Waals surface area contributed by atoms with Gasteiger partial charge in [-0.15, -0.1) is 0 Å². The Hall–Kier alpha value is -3.55. The van der Waals surface area contributed by atoms with Gasteiger partial charge in [-0.25, -0.2) is 8.42 Å². The molecule has 4 rings (SSSR count). The number of sulfone groups is 1. The van der Waals surface area contributed by atoms with Crippen molar-refractivity contribution in [3.63, 3.8) is 0 Å². The van der Waals surface area contributed by atoms with Crippen LogP contribution in [0.25, 0.3) is 10.8 Å². The molecule has 0 fully saturated rings. The first-order chi connectivity index (χ1) is 15.9. The molecule has 1 amide bonds. The maximum absolute atomic E-state index is 13.3. The van der Waals surface area contributed by atoms with E-state index in [1.807, 2.05) is 42.5 Å². The van der Waals surface area contributed by atoms with Gasteiger partial charge in [0.25, 0.3) is 0 Å². The number of ether oxygens (including phenoxy) is 1. The summed E-state index contributed by atoms with van der Waals surface area (Å²) in [5.74, 6) is -0.113. The van der Waals surface area contributed by atoms with Crippen LogP contribution in [-0.4, -0.2) is 28.0 Å². The van der Waals surface area contributed by atoms with Crippen molar-refractivity contribution >= 4 is 49.5 Å². The molecule has 0 saturated carbocycles. The van der Waals surface area contributed by atoms with Crippen LogP contribution in [0, 0.1) is 0 Å². The van der Waals surface area contributed by atoms with E-state index in [4.69, 9.17) is 16.3 Å². The lowest BCUT2D eigenvalue weighted by molar-refractivity contribution is -0.114. The summed E-state index contributed by atoms with van der Waals surface area (Å²) in [6, 6.07) is 24.5. The molecule has 0 heterocycles. The van der Waals surface area contributed by atoms with Crippen LogP contribution in [0.4, 0.5) is 11.4 Å². The van der Waals surface area contributed by atoms with E-state index in [2.05, 4.69) is 10.6 Å². The second-order valence-corrected chi connectivity index (χ2v) is 9.50. The van der Waals surface area contributed by atoms with E-state index in [1.165, 1.54) is 25.3 Å². The highest BCUT2D eigenvalue weighted by atomic mass is 35.5. The number of hydrogen-bond donors (Lipinski definition) is 2. The smallest absolute Gasteiger partial charge is 0.243 e. The van der Waals surface area contributed by atoms with Crippen molar-refractivity contribution in [2.45, 2.75) is 9.79 Å². The Bertz CT molecular complexity index is 1420. The van der Waals surface area contributed by atoms with E-state index < -0.39 is 9.84 Å². The van der Waals surface area contributed by atoms with Crippen molar-refractivity contribution < 1.29 is 17.9 Å². The Balaban J connectivity index is 1.58. The molecule has 0 aliphatic carbocycles. The summed E-state index contributed by atoms with van der Waals surface area (Å²) in [5, 5.41) is 7.74. The third kappa shape index (κ3) is 4.79. The number of rotatable bonds is 7. The molecule has 4 aromatic rings. The summed E-state index contributed by atoms with van der Waals surface area (Å²) >= 11 is 6.40. The number of halogens is 1. The van der Waals surface area contributed by atoms with Crippen molar-refractivity contribution in [1.82, 2.24) is 0 Å². The van der Waals surface area contributed by atoms with Gasteiger partial charge >= 0.3 is 0 Å². The van der Waals surface area contributed by atoms with Crippen LogP contribution in [0.2, 0.25) is 5.02 Å². The fourth-order valence-corrected chi connectivity index (χ4v) is 5.53. The summed E-state index contributed by atoms with van der Waals surface area (Å²) < 4.78 is 31.9. The molecular formula is C25H21ClN2O4S. The average Bonchev–Trinajstić information content (AvgIpc) is 2.83. The SMILES string of the molecule is COc1ccc(NCC(=O)Nc2ccc3ccccc3c2)c(S(=O)(=O)c2ccccc2)c1Cl. The Morgan fingerprint density at radius 2 is 1.61 bits per heavy atom. The molecule has 2 N–H and O–H groups in total. The molecule has 0 aliphatic rings. The van der Waals surface area contributed by atoms with Crippen LogP contribution in [0.5, 0.6) is 5.75 Å². The van der Waals surface area contributed by atoms with Crippen LogP contribution in [0.1, 0.15) is 0 Å². The van der Waals surface area contributed by atoms with Gasteiger partial charge in [-0.1, -0.05) is 60.1 Å². The minimum absolute atomic E-state index is 0.0544. The number of fused-ring (bicyclic) bond motifs is 1. The maximum atomic E-state index is 13.3. The molecule has 6 nitrogen and oxygen atoms in total. The standard InChI is InChI=1S/C25H21ClN2O4S/c1-32-22-14-13-21(25(24(22)26)33(30,31)20-9-3-2-4-10-20)27-16-23(29)28-19-12-11-17-7-5-6-8-18(17)15-19/h2-15,27H,16H2,1H3,(H,28,29). The fourth-order valence-electron chi connectivity index (χ4n) is 3.46. The first-order valence-corrected chi connectivity index (χ1v) is 12.0. The lowest BCUT2D eigenvalue weighted by Gasteiger charge is -2.16. The second-order valence-electron chi connectivity index (χ2n) is 7.24. The van der Waals surface area contributed by atoms with Gasteiger partial charge in [-0.05, 0) is 47.2 Å². The third-order valence-electron chi connectivity index (χ3n) is 5.08. The van der Waals surface area contributed by atoms with E-state index in [9.17, 15) is 13.2 Å². The fraction of sp³-hybridized carbons (Fsp3) is 0.0800. The zero-order valence-corrected chi connectivity index (χ0v) is 19.3. The molecule has 0 aliphatic heterocycles. The molecular weight excluding hydrogens is 460 g/mol. The number of methoxy groups -OCH3 is 1. The molecule has 0 unspecified atom stereocenters. The minimum Gasteiger partial charge on any atom is -0.495 e.